The maximum absolute atomic E-state index is 5.40. The molecule has 1 saturated heterocycles. The lowest BCUT2D eigenvalue weighted by Gasteiger charge is -2.28. The molecule has 0 unspecified atom stereocenters. The molecule has 1 aliphatic heterocycles. The molecular weight excluding hydrogens is 290 g/mol. The van der Waals surface area contributed by atoms with E-state index in [0.717, 1.165) is 48.6 Å². The van der Waals surface area contributed by atoms with Crippen LogP contribution in [-0.2, 0) is 4.74 Å². The second-order valence-electron chi connectivity index (χ2n) is 5.37. The summed E-state index contributed by atoms with van der Waals surface area (Å²) in [5.74, 6) is 1.49. The molecule has 3 aromatic rings. The molecule has 1 fully saturated rings. The lowest BCUT2D eigenvalue weighted by molar-refractivity contribution is 0.0495. The van der Waals surface area contributed by atoms with Crippen molar-refractivity contribution in [2.75, 3.05) is 31.7 Å². The molecule has 116 valence electrons. The summed E-state index contributed by atoms with van der Waals surface area (Å²) < 4.78 is 5.40. The lowest BCUT2D eigenvalue weighted by atomic mass is 10.2. The minimum Gasteiger partial charge on any atom is -0.379 e. The molecule has 4 rings (SSSR count). The SMILES string of the molecule is c1cncc(-c2nc(NN3CCOCC3)c3ccccc3n2)c1. The van der Waals surface area contributed by atoms with E-state index in [1.54, 1.807) is 12.4 Å². The zero-order chi connectivity index (χ0) is 15.5. The number of benzene rings is 1. The van der Waals surface area contributed by atoms with Crippen LogP contribution in [0.4, 0.5) is 5.82 Å². The van der Waals surface area contributed by atoms with E-state index in [9.17, 15) is 0 Å². The molecule has 2 aromatic heterocycles. The fraction of sp³-hybridized carbons (Fsp3) is 0.235. The number of morpholine rings is 1. The molecule has 0 spiro atoms. The van der Waals surface area contributed by atoms with Crippen molar-refractivity contribution in [3.05, 3.63) is 48.8 Å². The highest BCUT2D eigenvalue weighted by Gasteiger charge is 2.14. The summed E-state index contributed by atoms with van der Waals surface area (Å²) in [6.07, 6.45) is 3.53. The summed E-state index contributed by atoms with van der Waals surface area (Å²) in [5.41, 5.74) is 5.24. The molecule has 23 heavy (non-hydrogen) atoms. The Morgan fingerprint density at radius 3 is 2.70 bits per heavy atom. The third-order valence-corrected chi connectivity index (χ3v) is 3.80. The number of nitrogens with one attached hydrogen (secondary N) is 1. The molecule has 6 heteroatoms. The second kappa shape index (κ2) is 6.28. The van der Waals surface area contributed by atoms with Crippen LogP contribution >= 0.6 is 0 Å². The highest BCUT2D eigenvalue weighted by atomic mass is 16.5. The molecule has 0 atom stereocenters. The van der Waals surface area contributed by atoms with E-state index < -0.39 is 0 Å². The van der Waals surface area contributed by atoms with Crippen LogP contribution in [0.3, 0.4) is 0 Å². The number of nitrogens with zero attached hydrogens (tertiary/aromatic N) is 4. The summed E-state index contributed by atoms with van der Waals surface area (Å²) >= 11 is 0. The van der Waals surface area contributed by atoms with E-state index in [1.807, 2.05) is 36.4 Å². The van der Waals surface area contributed by atoms with Crippen molar-refractivity contribution in [1.82, 2.24) is 20.0 Å². The van der Waals surface area contributed by atoms with Crippen molar-refractivity contribution in [3.8, 4) is 11.4 Å². The van der Waals surface area contributed by atoms with Gasteiger partial charge in [-0.2, -0.15) is 0 Å². The van der Waals surface area contributed by atoms with E-state index in [-0.39, 0.29) is 0 Å². The average molecular weight is 307 g/mol. The first-order chi connectivity index (χ1) is 11.4. The van der Waals surface area contributed by atoms with Crippen LogP contribution in [0.25, 0.3) is 22.3 Å². The van der Waals surface area contributed by atoms with Crippen LogP contribution in [0.15, 0.2) is 48.8 Å². The Morgan fingerprint density at radius 2 is 1.87 bits per heavy atom. The van der Waals surface area contributed by atoms with Crippen LogP contribution in [0.2, 0.25) is 0 Å². The summed E-state index contributed by atoms with van der Waals surface area (Å²) in [5, 5.41) is 3.14. The normalized spacial score (nSPS) is 15.7. The molecule has 0 aliphatic carbocycles. The molecule has 1 aromatic carbocycles. The molecule has 6 nitrogen and oxygen atoms in total. The van der Waals surface area contributed by atoms with Gasteiger partial charge in [0.25, 0.3) is 0 Å². The Kier molecular flexibility index (Phi) is 3.83. The predicted molar refractivity (Wildman–Crippen MR) is 88.8 cm³/mol. The number of anilines is 1. The molecule has 1 aliphatic rings. The average Bonchev–Trinajstić information content (AvgIpc) is 2.63. The highest BCUT2D eigenvalue weighted by Crippen LogP contribution is 2.24. The Morgan fingerprint density at radius 1 is 1.00 bits per heavy atom. The maximum atomic E-state index is 5.40. The second-order valence-corrected chi connectivity index (χ2v) is 5.37. The number of para-hydroxylation sites is 1. The fourth-order valence-corrected chi connectivity index (χ4v) is 2.61. The largest absolute Gasteiger partial charge is 0.379 e. The number of rotatable bonds is 3. The summed E-state index contributed by atoms with van der Waals surface area (Å²) in [6.45, 7) is 3.12. The van der Waals surface area contributed by atoms with Gasteiger partial charge >= 0.3 is 0 Å². The maximum Gasteiger partial charge on any atom is 0.163 e. The van der Waals surface area contributed by atoms with Gasteiger partial charge in [0.1, 0.15) is 0 Å². The van der Waals surface area contributed by atoms with E-state index in [1.165, 1.54) is 0 Å². The van der Waals surface area contributed by atoms with E-state index in [2.05, 4.69) is 20.4 Å². The number of aromatic nitrogens is 3. The van der Waals surface area contributed by atoms with Crippen LogP contribution in [-0.4, -0.2) is 46.3 Å². The van der Waals surface area contributed by atoms with Gasteiger partial charge in [0.2, 0.25) is 0 Å². The van der Waals surface area contributed by atoms with Gasteiger partial charge in [-0.1, -0.05) is 12.1 Å². The summed E-state index contributed by atoms with van der Waals surface area (Å²) in [6, 6.07) is 11.9. The van der Waals surface area contributed by atoms with Gasteiger partial charge in [-0.3, -0.25) is 4.98 Å². The van der Waals surface area contributed by atoms with Gasteiger partial charge in [0.15, 0.2) is 11.6 Å². The highest BCUT2D eigenvalue weighted by molar-refractivity contribution is 5.90. The number of hydrazine groups is 1. The van der Waals surface area contributed by atoms with Gasteiger partial charge in [-0.25, -0.2) is 15.0 Å². The predicted octanol–water partition coefficient (Wildman–Crippen LogP) is 2.35. The first-order valence-electron chi connectivity index (χ1n) is 7.67. The van der Waals surface area contributed by atoms with Gasteiger partial charge in [0.05, 0.1) is 18.7 Å². The number of hydrogen-bond acceptors (Lipinski definition) is 6. The van der Waals surface area contributed by atoms with E-state index >= 15 is 0 Å². The van der Waals surface area contributed by atoms with Crippen LogP contribution in [0.1, 0.15) is 0 Å². The van der Waals surface area contributed by atoms with Crippen molar-refractivity contribution in [2.24, 2.45) is 0 Å². The number of fused-ring (bicyclic) bond motifs is 1. The van der Waals surface area contributed by atoms with Gasteiger partial charge in [-0.05, 0) is 24.3 Å². The van der Waals surface area contributed by atoms with Crippen molar-refractivity contribution >= 4 is 16.7 Å². The van der Waals surface area contributed by atoms with Crippen LogP contribution < -0.4 is 5.43 Å². The van der Waals surface area contributed by atoms with Crippen molar-refractivity contribution < 1.29 is 4.74 Å². The minimum atomic E-state index is 0.674. The van der Waals surface area contributed by atoms with Crippen LogP contribution in [0.5, 0.6) is 0 Å². The third kappa shape index (κ3) is 2.99. The smallest absolute Gasteiger partial charge is 0.163 e. The summed E-state index contributed by atoms with van der Waals surface area (Å²) in [4.78, 5) is 13.5. The first kappa shape index (κ1) is 14.0. The van der Waals surface area contributed by atoms with Crippen molar-refractivity contribution in [2.45, 2.75) is 0 Å². The zero-order valence-corrected chi connectivity index (χ0v) is 12.6. The van der Waals surface area contributed by atoms with Crippen molar-refractivity contribution in [1.29, 1.82) is 0 Å². The van der Waals surface area contributed by atoms with Gasteiger partial charge in [0, 0.05) is 36.4 Å². The quantitative estimate of drug-likeness (QED) is 0.801. The Hall–Kier alpha value is -2.57. The standard InChI is InChI=1S/C17H17N5O/c1-2-6-15-14(5-1)17(21-22-8-10-23-11-9-22)20-16(19-15)13-4-3-7-18-12-13/h1-7,12H,8-11H2,(H,19,20,21). The Bertz CT molecular complexity index is 802. The fourth-order valence-electron chi connectivity index (χ4n) is 2.61. The zero-order valence-electron chi connectivity index (χ0n) is 12.6. The molecule has 3 heterocycles. The summed E-state index contributed by atoms with van der Waals surface area (Å²) in [7, 11) is 0. The molecule has 0 radical (unpaired) electrons. The van der Waals surface area contributed by atoms with Gasteiger partial charge in [-0.15, -0.1) is 0 Å². The van der Waals surface area contributed by atoms with E-state index in [4.69, 9.17) is 9.72 Å². The molecule has 0 bridgehead atoms. The molecule has 0 amide bonds. The third-order valence-electron chi connectivity index (χ3n) is 3.80. The Balaban J connectivity index is 1.77. The number of pyridine rings is 1. The van der Waals surface area contributed by atoms with Crippen molar-refractivity contribution in [3.63, 3.8) is 0 Å². The lowest BCUT2D eigenvalue weighted by Crippen LogP contribution is -2.40. The minimum absolute atomic E-state index is 0.674. The monoisotopic (exact) mass is 307 g/mol. The van der Waals surface area contributed by atoms with Crippen LogP contribution in [0, 0.1) is 0 Å². The molecule has 1 N–H and O–H groups in total. The first-order valence-corrected chi connectivity index (χ1v) is 7.67. The Labute approximate surface area is 134 Å². The van der Waals surface area contributed by atoms with Gasteiger partial charge < -0.3 is 10.2 Å². The topological polar surface area (TPSA) is 63.2 Å². The number of hydrogen-bond donors (Lipinski definition) is 1. The molecule has 0 saturated carbocycles. The number of ether oxygens (including phenoxy) is 1. The van der Waals surface area contributed by atoms with E-state index in [0.29, 0.717) is 5.82 Å². The molecular formula is C17H17N5O.